The van der Waals surface area contributed by atoms with Crippen LogP contribution >= 0.6 is 0 Å². The monoisotopic (exact) mass is 796 g/mol. The predicted molar refractivity (Wildman–Crippen MR) is 215 cm³/mol. The van der Waals surface area contributed by atoms with Crippen molar-refractivity contribution in [2.24, 2.45) is 17.3 Å². The second kappa shape index (κ2) is 21.0. The van der Waals surface area contributed by atoms with Gasteiger partial charge in [0.15, 0.2) is 5.78 Å². The molecule has 0 aromatic carbocycles. The van der Waals surface area contributed by atoms with Gasteiger partial charge in [-0.2, -0.15) is 0 Å². The third-order valence-electron chi connectivity index (χ3n) is 10.7. The number of carbonyl (C=O) groups excluding carboxylic acids is 2. The lowest BCUT2D eigenvalue weighted by molar-refractivity contribution is -0.359. The Bertz CT molecular complexity index is 1810. The number of ketones is 1. The molecule has 2 unspecified atom stereocenters. The van der Waals surface area contributed by atoms with Crippen molar-refractivity contribution in [3.8, 4) is 5.75 Å². The van der Waals surface area contributed by atoms with Crippen molar-refractivity contribution in [1.82, 2.24) is 10.3 Å². The van der Waals surface area contributed by atoms with Gasteiger partial charge >= 0.3 is 0 Å². The first-order valence-electron chi connectivity index (χ1n) is 19.1. The van der Waals surface area contributed by atoms with E-state index >= 15 is 0 Å². The molecule has 3 heterocycles. The van der Waals surface area contributed by atoms with Gasteiger partial charge in [-0.05, 0) is 44.4 Å². The van der Waals surface area contributed by atoms with Crippen molar-refractivity contribution in [1.29, 1.82) is 0 Å². The summed E-state index contributed by atoms with van der Waals surface area (Å²) in [7, 11) is 1.52. The third-order valence-corrected chi connectivity index (χ3v) is 10.7. The van der Waals surface area contributed by atoms with E-state index in [1.54, 1.807) is 81.5 Å². The Hall–Kier alpha value is -4.25. The molecule has 0 aliphatic carbocycles. The normalized spacial score (nSPS) is 30.2. The number of methoxy groups -OCH3 is 1. The lowest BCUT2D eigenvalue weighted by Gasteiger charge is -2.53. The number of rotatable bonds is 17. The summed E-state index contributed by atoms with van der Waals surface area (Å²) < 4.78 is 17.8. The van der Waals surface area contributed by atoms with Gasteiger partial charge in [0.25, 0.3) is 5.56 Å². The maximum absolute atomic E-state index is 13.3. The molecule has 11 atom stereocenters. The van der Waals surface area contributed by atoms with Crippen molar-refractivity contribution in [3.63, 3.8) is 0 Å². The fourth-order valence-corrected chi connectivity index (χ4v) is 7.12. The van der Waals surface area contributed by atoms with Crippen LogP contribution in [0.4, 0.5) is 0 Å². The average Bonchev–Trinajstić information content (AvgIpc) is 3.45. The number of ether oxygens (including phenoxy) is 3. The summed E-state index contributed by atoms with van der Waals surface area (Å²) in [5.41, 5.74) is -1.02. The summed E-state index contributed by atoms with van der Waals surface area (Å²) in [4.78, 5) is 40.2. The predicted octanol–water partition coefficient (Wildman–Crippen LogP) is 3.07. The lowest BCUT2D eigenvalue weighted by atomic mass is 9.71. The summed E-state index contributed by atoms with van der Waals surface area (Å²) in [6.45, 7) is 12.2. The third kappa shape index (κ3) is 11.0. The van der Waals surface area contributed by atoms with Crippen molar-refractivity contribution in [2.45, 2.75) is 110 Å². The van der Waals surface area contributed by atoms with Gasteiger partial charge in [-0.1, -0.05) is 101 Å². The largest absolute Gasteiger partial charge is 0.507 e. The van der Waals surface area contributed by atoms with E-state index < -0.39 is 94.9 Å². The molecular weight excluding hydrogens is 736 g/mol. The van der Waals surface area contributed by atoms with Crippen LogP contribution in [-0.4, -0.2) is 116 Å². The molecule has 0 spiro atoms. The van der Waals surface area contributed by atoms with Crippen molar-refractivity contribution < 1.29 is 54.4 Å². The molecule has 0 saturated carbocycles. The van der Waals surface area contributed by atoms with E-state index in [0.717, 1.165) is 5.57 Å². The average molecular weight is 797 g/mol. The van der Waals surface area contributed by atoms with E-state index in [-0.39, 0.29) is 24.1 Å². The fraction of sp³-hybridized carbons (Fsp3) is 0.512. The Morgan fingerprint density at radius 3 is 2.32 bits per heavy atom. The highest BCUT2D eigenvalue weighted by Crippen LogP contribution is 2.44. The summed E-state index contributed by atoms with van der Waals surface area (Å²) in [6, 6.07) is 1.22. The van der Waals surface area contributed by atoms with Gasteiger partial charge < -0.3 is 55.2 Å². The molecule has 2 fully saturated rings. The molecule has 8 N–H and O–H groups in total. The number of aliphatic hydroxyl groups excluding tert-OH is 4. The number of pyridine rings is 1. The molecule has 57 heavy (non-hydrogen) atoms. The summed E-state index contributed by atoms with van der Waals surface area (Å²) in [6.07, 6.45) is 12.8. The fourth-order valence-electron chi connectivity index (χ4n) is 7.12. The molecule has 2 aliphatic rings. The zero-order chi connectivity index (χ0) is 42.7. The van der Waals surface area contributed by atoms with E-state index in [1.165, 1.54) is 32.4 Å². The zero-order valence-corrected chi connectivity index (χ0v) is 33.9. The van der Waals surface area contributed by atoms with Crippen LogP contribution in [0.5, 0.6) is 5.75 Å². The molecule has 2 saturated heterocycles. The number of carbonyl (C=O) groups is 2. The summed E-state index contributed by atoms with van der Waals surface area (Å²) in [5.74, 6) is -5.55. The van der Waals surface area contributed by atoms with Gasteiger partial charge in [0.2, 0.25) is 11.7 Å². The number of aromatic hydroxyl groups is 1. The molecular formula is C43H60N2O12. The highest BCUT2D eigenvalue weighted by molar-refractivity contribution is 6.09. The lowest BCUT2D eigenvalue weighted by Crippen LogP contribution is -2.69. The minimum absolute atomic E-state index is 0.0817. The van der Waals surface area contributed by atoms with Gasteiger partial charge in [-0.3, -0.25) is 14.4 Å². The highest BCUT2D eigenvalue weighted by Gasteiger charge is 2.60. The van der Waals surface area contributed by atoms with E-state index in [4.69, 9.17) is 14.2 Å². The standard InChI is InChI=1S/C43H60N2O12/c1-9-11-13-21-31-42(6,7)38(50)39(51)43(54,57-31)28(10-2)40(52)44-23-17-16-19-26(4)36(55-8)27(5)37-35(49)34(48)30(56-37)20-15-12-14-18-25(3)33(47)32-29(46)22-24-45-41(32)53/h9,11-22,24,27-28,30-31,34-39,48-51,54H,10,23H2,1-8H3,(H,44,52)(H2,45,46,53)/t27-,28-,30?,31+,34+,35+,36-,37?,38+,39-,43-/m1/s1. The smallest absolute Gasteiger partial charge is 0.262 e. The maximum Gasteiger partial charge on any atom is 0.262 e. The molecule has 14 heteroatoms. The minimum atomic E-state index is -2.34. The van der Waals surface area contributed by atoms with Crippen molar-refractivity contribution >= 4 is 11.7 Å². The Morgan fingerprint density at radius 1 is 1.00 bits per heavy atom. The first-order chi connectivity index (χ1) is 26.9. The van der Waals surface area contributed by atoms with Crippen LogP contribution in [-0.2, 0) is 19.0 Å². The number of amides is 1. The molecule has 1 aromatic heterocycles. The number of hydrogen-bond donors (Lipinski definition) is 8. The SMILES string of the molecule is CC=CC=C[C@@H]1O[C@](O)([C@H](CC)C(=O)NCC=CC=C(C)[C@@H](OC)[C@@H](C)C2OC(C=CC=CC=C(C)C(=O)c3c(O)cc[nH]c3=O)[C@H](O)[C@@H]2O)[C@H](O)[C@H](O)C1(C)C. The van der Waals surface area contributed by atoms with Gasteiger partial charge in [0.05, 0.1) is 30.3 Å². The summed E-state index contributed by atoms with van der Waals surface area (Å²) >= 11 is 0. The van der Waals surface area contributed by atoms with E-state index in [2.05, 4.69) is 10.3 Å². The number of allylic oxidation sites excluding steroid dienone is 10. The highest BCUT2D eigenvalue weighted by atomic mass is 16.7. The first kappa shape index (κ1) is 47.1. The van der Waals surface area contributed by atoms with E-state index in [0.29, 0.717) is 0 Å². The molecule has 3 rings (SSSR count). The number of aromatic amines is 1. The number of Topliss-reactive ketones (excluding diaryl/α,β-unsaturated/α-hetero) is 1. The van der Waals surface area contributed by atoms with Crippen LogP contribution in [0.15, 0.2) is 101 Å². The van der Waals surface area contributed by atoms with Crippen molar-refractivity contribution in [2.75, 3.05) is 13.7 Å². The molecule has 1 aromatic rings. The molecule has 0 bridgehead atoms. The van der Waals surface area contributed by atoms with Crippen LogP contribution < -0.4 is 10.9 Å². The Morgan fingerprint density at radius 2 is 1.68 bits per heavy atom. The van der Waals surface area contributed by atoms with Crippen LogP contribution in [0.25, 0.3) is 0 Å². The topological polar surface area (TPSA) is 228 Å². The first-order valence-corrected chi connectivity index (χ1v) is 19.1. The van der Waals surface area contributed by atoms with E-state index in [9.17, 15) is 45.0 Å². The van der Waals surface area contributed by atoms with Crippen LogP contribution in [0.1, 0.15) is 65.2 Å². The Balaban J connectivity index is 1.60. The van der Waals surface area contributed by atoms with Crippen LogP contribution in [0, 0.1) is 17.3 Å². The maximum atomic E-state index is 13.3. The number of nitrogens with one attached hydrogen (secondary N) is 2. The number of aliphatic hydroxyl groups is 5. The molecule has 14 nitrogen and oxygen atoms in total. The Kier molecular flexibility index (Phi) is 17.3. The second-order valence-electron chi connectivity index (χ2n) is 15.0. The zero-order valence-electron chi connectivity index (χ0n) is 33.9. The molecule has 0 radical (unpaired) electrons. The molecule has 1 amide bonds. The number of hydrogen-bond acceptors (Lipinski definition) is 12. The van der Waals surface area contributed by atoms with Gasteiger partial charge in [0.1, 0.15) is 35.7 Å². The summed E-state index contributed by atoms with van der Waals surface area (Å²) in [5, 5.41) is 67.8. The number of aromatic nitrogens is 1. The molecule has 2 aliphatic heterocycles. The van der Waals surface area contributed by atoms with Gasteiger partial charge in [-0.15, -0.1) is 0 Å². The molecule has 314 valence electrons. The van der Waals surface area contributed by atoms with Crippen LogP contribution in [0.3, 0.4) is 0 Å². The van der Waals surface area contributed by atoms with Crippen LogP contribution in [0.2, 0.25) is 0 Å². The second-order valence-corrected chi connectivity index (χ2v) is 15.0. The van der Waals surface area contributed by atoms with Crippen molar-refractivity contribution in [3.05, 3.63) is 112 Å². The Labute approximate surface area is 334 Å². The minimum Gasteiger partial charge on any atom is -0.507 e. The van der Waals surface area contributed by atoms with Gasteiger partial charge in [-0.25, -0.2) is 0 Å². The quantitative estimate of drug-likeness (QED) is 0.0647. The number of H-pyrrole nitrogens is 1. The van der Waals surface area contributed by atoms with Gasteiger partial charge in [0, 0.05) is 31.2 Å². The van der Waals surface area contributed by atoms with E-state index in [1.807, 2.05) is 26.8 Å².